The Balaban J connectivity index is 2.34. The smallest absolute Gasteiger partial charge is 0.256 e. The third-order valence-corrected chi connectivity index (χ3v) is 4.59. The fraction of sp³-hybridized carbons (Fsp3) is 0.188. The minimum absolute atomic E-state index is 0.0505. The number of hydrogen-bond donors (Lipinski definition) is 1. The molecule has 0 saturated carbocycles. The quantitative estimate of drug-likeness (QED) is 0.782. The maximum Gasteiger partial charge on any atom is 0.256 e. The molecule has 1 amide bonds. The Hall–Kier alpha value is -1.36. The van der Waals surface area contributed by atoms with Crippen molar-refractivity contribution in [2.45, 2.75) is 20.8 Å². The molecule has 0 heterocycles. The van der Waals surface area contributed by atoms with E-state index in [1.807, 2.05) is 57.2 Å². The van der Waals surface area contributed by atoms with Gasteiger partial charge < -0.3 is 5.32 Å². The highest BCUT2D eigenvalue weighted by Gasteiger charge is 2.13. The summed E-state index contributed by atoms with van der Waals surface area (Å²) < 4.78 is 1.00. The van der Waals surface area contributed by atoms with Gasteiger partial charge in [-0.1, -0.05) is 30.3 Å². The van der Waals surface area contributed by atoms with Crippen LogP contribution < -0.4 is 5.32 Å². The topological polar surface area (TPSA) is 29.1 Å². The number of halogens is 1. The Morgan fingerprint density at radius 1 is 0.947 bits per heavy atom. The van der Waals surface area contributed by atoms with E-state index in [0.29, 0.717) is 0 Å². The fourth-order valence-corrected chi connectivity index (χ4v) is 2.62. The molecular weight excluding hydrogens is 349 g/mol. The van der Waals surface area contributed by atoms with Gasteiger partial charge in [0.2, 0.25) is 0 Å². The van der Waals surface area contributed by atoms with E-state index in [-0.39, 0.29) is 5.91 Å². The van der Waals surface area contributed by atoms with Crippen LogP contribution in [0.15, 0.2) is 36.4 Å². The van der Waals surface area contributed by atoms with Crippen molar-refractivity contribution in [1.29, 1.82) is 0 Å². The summed E-state index contributed by atoms with van der Waals surface area (Å²) in [5.74, 6) is -0.0505. The highest BCUT2D eigenvalue weighted by Crippen LogP contribution is 2.22. The summed E-state index contributed by atoms with van der Waals surface area (Å²) >= 11 is 2.22. The van der Waals surface area contributed by atoms with Crippen molar-refractivity contribution in [2.24, 2.45) is 0 Å². The van der Waals surface area contributed by atoms with Crippen LogP contribution in [0.2, 0.25) is 0 Å². The lowest BCUT2D eigenvalue weighted by Crippen LogP contribution is -2.15. The summed E-state index contributed by atoms with van der Waals surface area (Å²) in [5, 5.41) is 3.02. The average molecular weight is 365 g/mol. The summed E-state index contributed by atoms with van der Waals surface area (Å²) in [5.41, 5.74) is 4.91. The van der Waals surface area contributed by atoms with Gasteiger partial charge in [-0.2, -0.15) is 0 Å². The van der Waals surface area contributed by atoms with Crippen molar-refractivity contribution in [3.05, 3.63) is 62.2 Å². The first-order chi connectivity index (χ1) is 9.00. The molecule has 0 aliphatic heterocycles. The normalized spacial score (nSPS) is 10.3. The first-order valence-corrected chi connectivity index (χ1v) is 7.21. The van der Waals surface area contributed by atoms with E-state index >= 15 is 0 Å². The lowest BCUT2D eigenvalue weighted by Gasteiger charge is -2.13. The predicted octanol–water partition coefficient (Wildman–Crippen LogP) is 4.47. The zero-order valence-corrected chi connectivity index (χ0v) is 13.4. The van der Waals surface area contributed by atoms with Gasteiger partial charge in [-0.3, -0.25) is 4.79 Å². The molecule has 0 aromatic heterocycles. The van der Waals surface area contributed by atoms with Crippen molar-refractivity contribution < 1.29 is 4.79 Å². The number of carbonyl (C=O) groups excluding carboxylic acids is 1. The second kappa shape index (κ2) is 5.74. The van der Waals surface area contributed by atoms with Gasteiger partial charge in [0.1, 0.15) is 0 Å². The third kappa shape index (κ3) is 2.97. The van der Waals surface area contributed by atoms with Gasteiger partial charge in [0.25, 0.3) is 5.91 Å². The average Bonchev–Trinajstić information content (AvgIpc) is 2.37. The van der Waals surface area contributed by atoms with Gasteiger partial charge >= 0.3 is 0 Å². The van der Waals surface area contributed by atoms with Crippen LogP contribution in [0.3, 0.4) is 0 Å². The summed E-state index contributed by atoms with van der Waals surface area (Å²) in [7, 11) is 0. The molecule has 1 N–H and O–H groups in total. The van der Waals surface area contributed by atoms with Crippen LogP contribution in [0.4, 0.5) is 5.69 Å². The largest absolute Gasteiger partial charge is 0.321 e. The molecule has 2 aromatic rings. The molecule has 0 radical (unpaired) electrons. The molecule has 2 aromatic carbocycles. The number of anilines is 1. The van der Waals surface area contributed by atoms with Gasteiger partial charge in [-0.15, -0.1) is 0 Å². The number of amides is 1. The molecule has 0 aliphatic rings. The molecule has 19 heavy (non-hydrogen) atoms. The molecule has 0 saturated heterocycles. The van der Waals surface area contributed by atoms with Gasteiger partial charge in [0.15, 0.2) is 0 Å². The number of nitrogens with one attached hydrogen (secondary N) is 1. The van der Waals surface area contributed by atoms with E-state index in [4.69, 9.17) is 0 Å². The molecule has 0 atom stereocenters. The molecule has 0 bridgehead atoms. The number of rotatable bonds is 2. The standard InChI is InChI=1S/C16H16INO/c1-10-6-5-9-13(14(10)17)16(19)18-15-11(2)7-4-8-12(15)3/h4-9H,1-3H3,(H,18,19). The maximum absolute atomic E-state index is 12.4. The zero-order valence-electron chi connectivity index (χ0n) is 11.3. The van der Waals surface area contributed by atoms with Crippen molar-refractivity contribution in [1.82, 2.24) is 0 Å². The van der Waals surface area contributed by atoms with Gasteiger partial charge in [0.05, 0.1) is 5.56 Å². The highest BCUT2D eigenvalue weighted by molar-refractivity contribution is 14.1. The third-order valence-electron chi connectivity index (χ3n) is 3.16. The highest BCUT2D eigenvalue weighted by atomic mass is 127. The molecule has 3 heteroatoms. The fourth-order valence-electron chi connectivity index (χ4n) is 2.02. The molecule has 0 aliphatic carbocycles. The Kier molecular flexibility index (Phi) is 4.24. The van der Waals surface area contributed by atoms with Crippen LogP contribution in [0.5, 0.6) is 0 Å². The lowest BCUT2D eigenvalue weighted by molar-refractivity contribution is 0.102. The van der Waals surface area contributed by atoms with Gasteiger partial charge in [-0.25, -0.2) is 0 Å². The van der Waals surface area contributed by atoms with Crippen LogP contribution in [0.25, 0.3) is 0 Å². The minimum atomic E-state index is -0.0505. The summed E-state index contributed by atoms with van der Waals surface area (Å²) in [4.78, 5) is 12.4. The van der Waals surface area contributed by atoms with Crippen molar-refractivity contribution >= 4 is 34.2 Å². The predicted molar refractivity (Wildman–Crippen MR) is 87.8 cm³/mol. The summed E-state index contributed by atoms with van der Waals surface area (Å²) in [6.45, 7) is 6.02. The van der Waals surface area contributed by atoms with Crippen molar-refractivity contribution in [2.75, 3.05) is 5.32 Å². The van der Waals surface area contributed by atoms with Crippen LogP contribution in [0.1, 0.15) is 27.0 Å². The van der Waals surface area contributed by atoms with Gasteiger partial charge in [0, 0.05) is 9.26 Å². The molecular formula is C16H16INO. The van der Waals surface area contributed by atoms with Gasteiger partial charge in [-0.05, 0) is 66.1 Å². The number of hydrogen-bond acceptors (Lipinski definition) is 1. The maximum atomic E-state index is 12.4. The number of aryl methyl sites for hydroxylation is 3. The van der Waals surface area contributed by atoms with Crippen LogP contribution >= 0.6 is 22.6 Å². The molecule has 0 unspecified atom stereocenters. The van der Waals surface area contributed by atoms with Crippen LogP contribution in [-0.2, 0) is 0 Å². The number of para-hydroxylation sites is 1. The zero-order chi connectivity index (χ0) is 14.0. The Morgan fingerprint density at radius 3 is 2.11 bits per heavy atom. The number of carbonyl (C=O) groups is 1. The molecule has 0 fully saturated rings. The Morgan fingerprint density at radius 2 is 1.47 bits per heavy atom. The first-order valence-electron chi connectivity index (χ1n) is 6.13. The summed E-state index contributed by atoms with van der Waals surface area (Å²) in [6, 6.07) is 11.8. The number of benzene rings is 2. The molecule has 2 nitrogen and oxygen atoms in total. The van der Waals surface area contributed by atoms with E-state index < -0.39 is 0 Å². The van der Waals surface area contributed by atoms with E-state index in [1.165, 1.54) is 0 Å². The van der Waals surface area contributed by atoms with Crippen molar-refractivity contribution in [3.8, 4) is 0 Å². The molecule has 2 rings (SSSR count). The monoisotopic (exact) mass is 365 g/mol. The molecule has 0 spiro atoms. The van der Waals surface area contributed by atoms with E-state index in [9.17, 15) is 4.79 Å². The second-order valence-electron chi connectivity index (χ2n) is 4.66. The van der Waals surface area contributed by atoms with E-state index in [1.54, 1.807) is 0 Å². The Labute approximate surface area is 127 Å². The lowest BCUT2D eigenvalue weighted by atomic mass is 10.1. The molecule has 98 valence electrons. The van der Waals surface area contributed by atoms with Crippen LogP contribution in [0, 0.1) is 24.3 Å². The van der Waals surface area contributed by atoms with E-state index in [2.05, 4.69) is 27.9 Å². The first kappa shape index (κ1) is 14.1. The minimum Gasteiger partial charge on any atom is -0.321 e. The second-order valence-corrected chi connectivity index (χ2v) is 5.74. The SMILES string of the molecule is Cc1cccc(C(=O)Nc2c(C)cccc2C)c1I. The van der Waals surface area contributed by atoms with Crippen LogP contribution in [-0.4, -0.2) is 5.91 Å². The van der Waals surface area contributed by atoms with Crippen molar-refractivity contribution in [3.63, 3.8) is 0 Å². The summed E-state index contributed by atoms with van der Waals surface area (Å²) in [6.07, 6.45) is 0. The Bertz CT molecular complexity index is 614. The van der Waals surface area contributed by atoms with E-state index in [0.717, 1.165) is 31.5 Å².